The van der Waals surface area contributed by atoms with Gasteiger partial charge in [-0.05, 0) is 11.6 Å². The number of piperazine rings is 1. The highest BCUT2D eigenvalue weighted by Gasteiger charge is 2.20. The SMILES string of the molecule is NC(CO)c1ccccc1N1CCNC(=O)C1. The molecule has 0 aliphatic carbocycles. The summed E-state index contributed by atoms with van der Waals surface area (Å²) < 4.78 is 0. The van der Waals surface area contributed by atoms with Crippen LogP contribution in [0, 0.1) is 0 Å². The van der Waals surface area contributed by atoms with E-state index in [-0.39, 0.29) is 12.5 Å². The van der Waals surface area contributed by atoms with Crippen molar-refractivity contribution in [3.63, 3.8) is 0 Å². The number of hydrogen-bond acceptors (Lipinski definition) is 4. The van der Waals surface area contributed by atoms with Gasteiger partial charge in [0.25, 0.3) is 0 Å². The van der Waals surface area contributed by atoms with Gasteiger partial charge in [0.1, 0.15) is 0 Å². The number of nitrogens with one attached hydrogen (secondary N) is 1. The molecule has 92 valence electrons. The summed E-state index contributed by atoms with van der Waals surface area (Å²) >= 11 is 0. The highest BCUT2D eigenvalue weighted by atomic mass is 16.3. The molecule has 0 bridgehead atoms. The summed E-state index contributed by atoms with van der Waals surface area (Å²) in [6.07, 6.45) is 0. The van der Waals surface area contributed by atoms with Gasteiger partial charge in [0.2, 0.25) is 5.91 Å². The van der Waals surface area contributed by atoms with E-state index >= 15 is 0 Å². The fourth-order valence-corrected chi connectivity index (χ4v) is 2.03. The lowest BCUT2D eigenvalue weighted by molar-refractivity contribution is -0.120. The van der Waals surface area contributed by atoms with Gasteiger partial charge in [-0.1, -0.05) is 18.2 Å². The standard InChI is InChI=1S/C12H17N3O2/c13-10(8-16)9-3-1-2-4-11(9)15-6-5-14-12(17)7-15/h1-4,10,16H,5-8,13H2,(H,14,17). The molecule has 1 saturated heterocycles. The van der Waals surface area contributed by atoms with Crippen molar-refractivity contribution in [1.82, 2.24) is 5.32 Å². The van der Waals surface area contributed by atoms with Crippen molar-refractivity contribution < 1.29 is 9.90 Å². The van der Waals surface area contributed by atoms with E-state index in [0.717, 1.165) is 17.8 Å². The van der Waals surface area contributed by atoms with Crippen LogP contribution in [0.5, 0.6) is 0 Å². The third-order valence-electron chi connectivity index (χ3n) is 2.91. The molecule has 1 unspecified atom stereocenters. The molecule has 1 aromatic carbocycles. The van der Waals surface area contributed by atoms with E-state index in [2.05, 4.69) is 5.32 Å². The normalized spacial score (nSPS) is 17.8. The van der Waals surface area contributed by atoms with E-state index in [1.165, 1.54) is 0 Å². The van der Waals surface area contributed by atoms with E-state index < -0.39 is 6.04 Å². The predicted octanol–water partition coefficient (Wildman–Crippen LogP) is -0.385. The van der Waals surface area contributed by atoms with Crippen molar-refractivity contribution in [2.24, 2.45) is 5.73 Å². The molecule has 0 radical (unpaired) electrons. The van der Waals surface area contributed by atoms with E-state index in [1.807, 2.05) is 29.2 Å². The lowest BCUT2D eigenvalue weighted by atomic mass is 10.0. The maximum Gasteiger partial charge on any atom is 0.239 e. The number of carbonyl (C=O) groups is 1. The second-order valence-electron chi connectivity index (χ2n) is 4.12. The van der Waals surface area contributed by atoms with Crippen molar-refractivity contribution in [2.45, 2.75) is 6.04 Å². The molecule has 1 aliphatic rings. The van der Waals surface area contributed by atoms with Crippen molar-refractivity contribution in [1.29, 1.82) is 0 Å². The predicted molar refractivity (Wildman–Crippen MR) is 65.7 cm³/mol. The molecule has 4 N–H and O–H groups in total. The molecule has 1 fully saturated rings. The number of nitrogens with two attached hydrogens (primary N) is 1. The quantitative estimate of drug-likeness (QED) is 0.667. The number of para-hydroxylation sites is 1. The van der Waals surface area contributed by atoms with Gasteiger partial charge < -0.3 is 21.1 Å². The topological polar surface area (TPSA) is 78.6 Å². The van der Waals surface area contributed by atoms with Crippen molar-refractivity contribution >= 4 is 11.6 Å². The number of aliphatic hydroxyl groups excluding tert-OH is 1. The maximum atomic E-state index is 11.4. The van der Waals surface area contributed by atoms with Crippen LogP contribution >= 0.6 is 0 Å². The van der Waals surface area contributed by atoms with Gasteiger partial charge >= 0.3 is 0 Å². The first kappa shape index (κ1) is 11.9. The van der Waals surface area contributed by atoms with Gasteiger partial charge in [0, 0.05) is 18.8 Å². The highest BCUT2D eigenvalue weighted by molar-refractivity contribution is 5.83. The Morgan fingerprint density at radius 1 is 1.47 bits per heavy atom. The fourth-order valence-electron chi connectivity index (χ4n) is 2.03. The van der Waals surface area contributed by atoms with Crippen LogP contribution in [0.2, 0.25) is 0 Å². The fraction of sp³-hybridized carbons (Fsp3) is 0.417. The number of aliphatic hydroxyl groups is 1. The largest absolute Gasteiger partial charge is 0.394 e. The molecular formula is C12H17N3O2. The van der Waals surface area contributed by atoms with Gasteiger partial charge in [-0.2, -0.15) is 0 Å². The van der Waals surface area contributed by atoms with Gasteiger partial charge in [0.05, 0.1) is 19.2 Å². The molecule has 2 rings (SSSR count). The molecule has 1 heterocycles. The van der Waals surface area contributed by atoms with Crippen molar-refractivity contribution in [2.75, 3.05) is 31.1 Å². The Balaban J connectivity index is 2.27. The minimum Gasteiger partial charge on any atom is -0.394 e. The lowest BCUT2D eigenvalue weighted by Gasteiger charge is -2.31. The summed E-state index contributed by atoms with van der Waals surface area (Å²) in [6.45, 7) is 1.65. The molecule has 0 aromatic heterocycles. The summed E-state index contributed by atoms with van der Waals surface area (Å²) in [6, 6.07) is 7.22. The zero-order valence-electron chi connectivity index (χ0n) is 9.60. The molecule has 5 nitrogen and oxygen atoms in total. The number of anilines is 1. The Hall–Kier alpha value is -1.59. The summed E-state index contributed by atoms with van der Waals surface area (Å²) in [4.78, 5) is 13.4. The van der Waals surface area contributed by atoms with Gasteiger partial charge in [-0.15, -0.1) is 0 Å². The van der Waals surface area contributed by atoms with E-state index in [4.69, 9.17) is 10.8 Å². The van der Waals surface area contributed by atoms with Crippen molar-refractivity contribution in [3.8, 4) is 0 Å². The molecule has 1 atom stereocenters. The van der Waals surface area contributed by atoms with Crippen LogP contribution in [0.4, 0.5) is 5.69 Å². The van der Waals surface area contributed by atoms with E-state index in [0.29, 0.717) is 13.1 Å². The van der Waals surface area contributed by atoms with Gasteiger partial charge in [-0.25, -0.2) is 0 Å². The van der Waals surface area contributed by atoms with E-state index in [9.17, 15) is 4.79 Å². The molecule has 1 aromatic rings. The smallest absolute Gasteiger partial charge is 0.239 e. The molecule has 17 heavy (non-hydrogen) atoms. The van der Waals surface area contributed by atoms with Crippen LogP contribution in [-0.4, -0.2) is 37.3 Å². The van der Waals surface area contributed by atoms with Crippen LogP contribution in [-0.2, 0) is 4.79 Å². The zero-order chi connectivity index (χ0) is 12.3. The van der Waals surface area contributed by atoms with Crippen LogP contribution in [0.3, 0.4) is 0 Å². The monoisotopic (exact) mass is 235 g/mol. The minimum absolute atomic E-state index is 0.0172. The minimum atomic E-state index is -0.406. The molecule has 0 spiro atoms. The second kappa shape index (κ2) is 5.16. The Morgan fingerprint density at radius 3 is 2.94 bits per heavy atom. The van der Waals surface area contributed by atoms with Crippen LogP contribution in [0.25, 0.3) is 0 Å². The van der Waals surface area contributed by atoms with Gasteiger partial charge in [0.15, 0.2) is 0 Å². The Morgan fingerprint density at radius 2 is 2.24 bits per heavy atom. The number of rotatable bonds is 3. The third kappa shape index (κ3) is 2.57. The molecule has 0 saturated carbocycles. The highest BCUT2D eigenvalue weighted by Crippen LogP contribution is 2.25. The summed E-state index contributed by atoms with van der Waals surface area (Å²) in [5, 5.41) is 11.9. The average molecular weight is 235 g/mol. The number of hydrogen-bond donors (Lipinski definition) is 3. The number of amides is 1. The van der Waals surface area contributed by atoms with Crippen LogP contribution < -0.4 is 16.0 Å². The maximum absolute atomic E-state index is 11.4. The first-order chi connectivity index (χ1) is 8.22. The summed E-state index contributed by atoms with van der Waals surface area (Å²) in [7, 11) is 0. The molecule has 5 heteroatoms. The van der Waals surface area contributed by atoms with Gasteiger partial charge in [-0.3, -0.25) is 4.79 Å². The molecule has 1 aliphatic heterocycles. The second-order valence-corrected chi connectivity index (χ2v) is 4.12. The number of carbonyl (C=O) groups excluding carboxylic acids is 1. The van der Waals surface area contributed by atoms with E-state index in [1.54, 1.807) is 0 Å². The zero-order valence-corrected chi connectivity index (χ0v) is 9.60. The molecular weight excluding hydrogens is 218 g/mol. The first-order valence-electron chi connectivity index (χ1n) is 5.69. The summed E-state index contributed by atoms with van der Waals surface area (Å²) in [5.74, 6) is 0.0172. The number of benzene rings is 1. The third-order valence-corrected chi connectivity index (χ3v) is 2.91. The summed E-state index contributed by atoms with van der Waals surface area (Å²) in [5.41, 5.74) is 7.67. The van der Waals surface area contributed by atoms with Crippen LogP contribution in [0.15, 0.2) is 24.3 Å². The van der Waals surface area contributed by atoms with Crippen LogP contribution in [0.1, 0.15) is 11.6 Å². The Labute approximate surface area is 100 Å². The number of nitrogens with zero attached hydrogens (tertiary/aromatic N) is 1. The van der Waals surface area contributed by atoms with Crippen molar-refractivity contribution in [3.05, 3.63) is 29.8 Å². The Bertz CT molecular complexity index is 408. The molecule has 1 amide bonds. The lowest BCUT2D eigenvalue weighted by Crippen LogP contribution is -2.48. The Kier molecular flexibility index (Phi) is 3.61. The average Bonchev–Trinajstić information content (AvgIpc) is 2.38. The first-order valence-corrected chi connectivity index (χ1v) is 5.69.